The Morgan fingerprint density at radius 3 is 2.50 bits per heavy atom. The van der Waals surface area contributed by atoms with Gasteiger partial charge in [-0.05, 0) is 30.5 Å². The van der Waals surface area contributed by atoms with Crippen LogP contribution in [0.1, 0.15) is 44.2 Å². The third-order valence-electron chi connectivity index (χ3n) is 3.09. The van der Waals surface area contributed by atoms with E-state index in [0.29, 0.717) is 23.6 Å². The van der Waals surface area contributed by atoms with E-state index in [0.717, 1.165) is 19.3 Å². The predicted molar refractivity (Wildman–Crippen MR) is 85.1 cm³/mol. The van der Waals surface area contributed by atoms with E-state index in [2.05, 4.69) is 16.7 Å². The third kappa shape index (κ3) is 7.09. The quantitative estimate of drug-likeness (QED) is 0.722. The van der Waals surface area contributed by atoms with Crippen molar-refractivity contribution in [3.63, 3.8) is 0 Å². The summed E-state index contributed by atoms with van der Waals surface area (Å²) in [5, 5.41) is 15.1. The Balaban J connectivity index is 2.29. The predicted octanol–water partition coefficient (Wildman–Crippen LogP) is 2.72. The van der Waals surface area contributed by atoms with Crippen molar-refractivity contribution in [1.82, 2.24) is 10.6 Å². The summed E-state index contributed by atoms with van der Waals surface area (Å²) in [5.74, 6) is -0.196. The molecular weight excluding hydrogens is 302 g/mol. The topological polar surface area (TPSA) is 82.0 Å². The number of unbranched alkanes of at least 4 members (excludes halogenated alkanes) is 2. The van der Waals surface area contributed by atoms with Crippen LogP contribution < -0.4 is 10.6 Å². The van der Waals surface area contributed by atoms with E-state index in [1.807, 2.05) is 0 Å². The summed E-state index contributed by atoms with van der Waals surface area (Å²) in [6.07, 6.45) is 2.79. The molecule has 0 heterocycles. The Kier molecular flexibility index (Phi) is 8.01. The normalized spacial score (nSPS) is 11.3. The minimum absolute atomic E-state index is 0.0439. The van der Waals surface area contributed by atoms with Crippen molar-refractivity contribution >= 4 is 23.4 Å². The number of nitrogens with one attached hydrogen (secondary N) is 2. The molecule has 0 aliphatic heterocycles. The maximum atomic E-state index is 11.8. The number of carbonyl (C=O) groups excluding carboxylic acids is 2. The highest BCUT2D eigenvalue weighted by Crippen LogP contribution is 2.16. The second-order valence-corrected chi connectivity index (χ2v) is 5.41. The van der Waals surface area contributed by atoms with Crippen molar-refractivity contribution in [1.29, 1.82) is 5.26 Å². The summed E-state index contributed by atoms with van der Waals surface area (Å²) in [6, 6.07) is 8.24. The van der Waals surface area contributed by atoms with E-state index in [1.54, 1.807) is 24.3 Å². The molecule has 118 valence electrons. The van der Waals surface area contributed by atoms with Gasteiger partial charge < -0.3 is 10.6 Å². The Morgan fingerprint density at radius 1 is 1.23 bits per heavy atom. The number of nitriles is 1. The first-order chi connectivity index (χ1) is 10.5. The molecule has 0 bridgehead atoms. The molecule has 0 spiro atoms. The molecule has 0 saturated carbocycles. The average molecular weight is 322 g/mol. The highest BCUT2D eigenvalue weighted by molar-refractivity contribution is 6.30. The smallest absolute Gasteiger partial charge is 0.221 e. The van der Waals surface area contributed by atoms with Crippen molar-refractivity contribution in [3.05, 3.63) is 34.9 Å². The molecule has 0 unspecified atom stereocenters. The summed E-state index contributed by atoms with van der Waals surface area (Å²) in [7, 11) is 0. The van der Waals surface area contributed by atoms with Gasteiger partial charge in [-0.3, -0.25) is 9.59 Å². The summed E-state index contributed by atoms with van der Waals surface area (Å²) in [4.78, 5) is 22.5. The van der Waals surface area contributed by atoms with Gasteiger partial charge >= 0.3 is 0 Å². The third-order valence-corrected chi connectivity index (χ3v) is 3.34. The van der Waals surface area contributed by atoms with Crippen LogP contribution in [0.2, 0.25) is 5.02 Å². The Labute approximate surface area is 135 Å². The van der Waals surface area contributed by atoms with E-state index in [4.69, 9.17) is 16.9 Å². The van der Waals surface area contributed by atoms with Crippen molar-refractivity contribution in [3.8, 4) is 6.07 Å². The molecule has 0 saturated heterocycles. The molecule has 0 radical (unpaired) electrons. The van der Waals surface area contributed by atoms with Crippen molar-refractivity contribution in [2.75, 3.05) is 6.54 Å². The van der Waals surface area contributed by atoms with Gasteiger partial charge in [-0.15, -0.1) is 0 Å². The Hall–Kier alpha value is -2.06. The van der Waals surface area contributed by atoms with E-state index < -0.39 is 6.04 Å². The number of hydrogen-bond acceptors (Lipinski definition) is 3. The summed E-state index contributed by atoms with van der Waals surface area (Å²) >= 11 is 5.80. The van der Waals surface area contributed by atoms with Crippen LogP contribution in [-0.4, -0.2) is 18.4 Å². The van der Waals surface area contributed by atoms with Crippen LogP contribution in [-0.2, 0) is 9.59 Å². The fourth-order valence-electron chi connectivity index (χ4n) is 1.93. The second-order valence-electron chi connectivity index (χ2n) is 4.97. The number of halogens is 1. The molecule has 0 aromatic heterocycles. The molecule has 1 rings (SSSR count). The second kappa shape index (κ2) is 9.80. The van der Waals surface area contributed by atoms with Gasteiger partial charge in [-0.2, -0.15) is 5.26 Å². The lowest BCUT2D eigenvalue weighted by molar-refractivity contribution is -0.122. The monoisotopic (exact) mass is 321 g/mol. The van der Waals surface area contributed by atoms with Crippen molar-refractivity contribution in [2.24, 2.45) is 0 Å². The van der Waals surface area contributed by atoms with Gasteiger partial charge in [0, 0.05) is 24.9 Å². The molecule has 0 aliphatic rings. The number of amides is 2. The standard InChI is InChI=1S/C16H20ClN3O2/c1-12(21)19-10-4-2-3-5-16(22)20-15(11-18)13-6-8-14(17)9-7-13/h6-9,15H,2-5,10H2,1H3,(H,19,21)(H,20,22)/t15-/m0/s1. The summed E-state index contributed by atoms with van der Waals surface area (Å²) in [6.45, 7) is 2.11. The highest BCUT2D eigenvalue weighted by Gasteiger charge is 2.13. The lowest BCUT2D eigenvalue weighted by Gasteiger charge is -2.12. The van der Waals surface area contributed by atoms with Crippen LogP contribution in [0.3, 0.4) is 0 Å². The average Bonchev–Trinajstić information content (AvgIpc) is 2.49. The zero-order valence-corrected chi connectivity index (χ0v) is 13.3. The van der Waals surface area contributed by atoms with Gasteiger partial charge in [0.15, 0.2) is 0 Å². The fourth-order valence-corrected chi connectivity index (χ4v) is 2.06. The van der Waals surface area contributed by atoms with E-state index in [9.17, 15) is 9.59 Å². The molecule has 1 aromatic rings. The van der Waals surface area contributed by atoms with Crippen LogP contribution in [0.5, 0.6) is 0 Å². The van der Waals surface area contributed by atoms with E-state index >= 15 is 0 Å². The molecule has 1 aromatic carbocycles. The number of rotatable bonds is 8. The zero-order chi connectivity index (χ0) is 16.4. The van der Waals surface area contributed by atoms with Gasteiger partial charge in [0.1, 0.15) is 6.04 Å². The van der Waals surface area contributed by atoms with Crippen molar-refractivity contribution < 1.29 is 9.59 Å². The van der Waals surface area contributed by atoms with E-state index in [-0.39, 0.29) is 11.8 Å². The number of hydrogen-bond donors (Lipinski definition) is 2. The molecule has 6 heteroatoms. The Morgan fingerprint density at radius 2 is 1.91 bits per heavy atom. The lowest BCUT2D eigenvalue weighted by atomic mass is 10.1. The van der Waals surface area contributed by atoms with Crippen LogP contribution in [0, 0.1) is 11.3 Å². The van der Waals surface area contributed by atoms with Crippen LogP contribution in [0.15, 0.2) is 24.3 Å². The van der Waals surface area contributed by atoms with E-state index in [1.165, 1.54) is 6.92 Å². The minimum Gasteiger partial charge on any atom is -0.356 e. The van der Waals surface area contributed by atoms with Crippen molar-refractivity contribution in [2.45, 2.75) is 38.6 Å². The minimum atomic E-state index is -0.663. The highest BCUT2D eigenvalue weighted by atomic mass is 35.5. The maximum Gasteiger partial charge on any atom is 0.221 e. The molecule has 22 heavy (non-hydrogen) atoms. The zero-order valence-electron chi connectivity index (χ0n) is 12.6. The molecule has 2 amide bonds. The number of nitrogens with zero attached hydrogens (tertiary/aromatic N) is 1. The molecule has 0 aliphatic carbocycles. The first-order valence-corrected chi connectivity index (χ1v) is 7.59. The number of carbonyl (C=O) groups is 2. The fraction of sp³-hybridized carbons (Fsp3) is 0.438. The van der Waals surface area contributed by atoms with Crippen LogP contribution in [0.25, 0.3) is 0 Å². The van der Waals surface area contributed by atoms with Gasteiger partial charge in [0.25, 0.3) is 0 Å². The van der Waals surface area contributed by atoms with Crippen LogP contribution >= 0.6 is 11.6 Å². The molecule has 0 fully saturated rings. The molecule has 2 N–H and O–H groups in total. The summed E-state index contributed by atoms with van der Waals surface area (Å²) < 4.78 is 0. The van der Waals surface area contributed by atoms with Gasteiger partial charge in [0.2, 0.25) is 11.8 Å². The number of benzene rings is 1. The SMILES string of the molecule is CC(=O)NCCCCCC(=O)N[C@@H](C#N)c1ccc(Cl)cc1. The van der Waals surface area contributed by atoms with Gasteiger partial charge in [-0.1, -0.05) is 30.2 Å². The van der Waals surface area contributed by atoms with Gasteiger partial charge in [-0.25, -0.2) is 0 Å². The first-order valence-electron chi connectivity index (χ1n) is 7.22. The lowest BCUT2D eigenvalue weighted by Crippen LogP contribution is -2.27. The maximum absolute atomic E-state index is 11.8. The molecule has 1 atom stereocenters. The van der Waals surface area contributed by atoms with Gasteiger partial charge in [0.05, 0.1) is 6.07 Å². The Bertz CT molecular complexity index is 537. The molecular formula is C16H20ClN3O2. The summed E-state index contributed by atoms with van der Waals surface area (Å²) in [5.41, 5.74) is 0.714. The first kappa shape index (κ1) is 18.0. The molecule has 5 nitrogen and oxygen atoms in total. The van der Waals surface area contributed by atoms with Crippen LogP contribution in [0.4, 0.5) is 0 Å². The largest absolute Gasteiger partial charge is 0.356 e.